The van der Waals surface area contributed by atoms with Crippen LogP contribution in [0.15, 0.2) is 0 Å². The molecule has 0 aliphatic carbocycles. The Morgan fingerprint density at radius 2 is 1.65 bits per heavy atom. The van der Waals surface area contributed by atoms with Gasteiger partial charge in [-0.1, -0.05) is 0 Å². The first-order valence-corrected chi connectivity index (χ1v) is 6.15. The molecule has 20 heavy (non-hydrogen) atoms. The van der Waals surface area contributed by atoms with Crippen LogP contribution < -0.4 is 0 Å². The second-order valence-corrected chi connectivity index (χ2v) is 5.31. The minimum atomic E-state index is -1.34. The lowest BCUT2D eigenvalue weighted by Crippen LogP contribution is -2.36. The number of carbonyl (C=O) groups is 4. The summed E-state index contributed by atoms with van der Waals surface area (Å²) >= 11 is 0. The summed E-state index contributed by atoms with van der Waals surface area (Å²) in [6.07, 6.45) is -2.41. The maximum Gasteiger partial charge on any atom is 0.348 e. The lowest BCUT2D eigenvalue weighted by atomic mass is 10.1. The van der Waals surface area contributed by atoms with Gasteiger partial charge in [-0.05, 0) is 27.7 Å². The van der Waals surface area contributed by atoms with Crippen LogP contribution in [-0.4, -0.2) is 40.5 Å². The van der Waals surface area contributed by atoms with Crippen LogP contribution in [0, 0.1) is 0 Å². The monoisotopic (exact) mass is 288 g/mol. The quantitative estimate of drug-likeness (QED) is 0.698. The normalized spacial score (nSPS) is 12.4. The molecule has 114 valence electrons. The van der Waals surface area contributed by atoms with Gasteiger partial charge in [-0.2, -0.15) is 0 Å². The van der Waals surface area contributed by atoms with Crippen molar-refractivity contribution < 1.29 is 33.8 Å². The Hall–Kier alpha value is -1.92. The van der Waals surface area contributed by atoms with Crippen molar-refractivity contribution in [3.8, 4) is 0 Å². The Bertz CT molecular complexity index is 392. The number of esters is 2. The van der Waals surface area contributed by atoms with E-state index in [1.165, 1.54) is 6.92 Å². The smallest absolute Gasteiger partial charge is 0.348 e. The molecule has 0 radical (unpaired) electrons. The van der Waals surface area contributed by atoms with Gasteiger partial charge in [0.05, 0.1) is 19.3 Å². The summed E-state index contributed by atoms with van der Waals surface area (Å²) in [5.74, 6) is -3.17. The molecule has 0 bridgehead atoms. The molecule has 7 nitrogen and oxygen atoms in total. The van der Waals surface area contributed by atoms with E-state index in [1.807, 2.05) is 0 Å². The third-order valence-corrected chi connectivity index (χ3v) is 1.96. The van der Waals surface area contributed by atoms with Crippen LogP contribution in [0.25, 0.3) is 0 Å². The number of aliphatic carboxylic acids is 1. The molecule has 7 heteroatoms. The Morgan fingerprint density at radius 3 is 2.05 bits per heavy atom. The van der Waals surface area contributed by atoms with Crippen LogP contribution in [0.3, 0.4) is 0 Å². The van der Waals surface area contributed by atoms with Crippen LogP contribution in [0.4, 0.5) is 0 Å². The molecule has 0 rings (SSSR count). The van der Waals surface area contributed by atoms with Crippen molar-refractivity contribution in [1.82, 2.24) is 0 Å². The molecule has 0 aromatic rings. The van der Waals surface area contributed by atoms with Crippen LogP contribution in [0.2, 0.25) is 0 Å². The van der Waals surface area contributed by atoms with Gasteiger partial charge in [0.2, 0.25) is 6.10 Å². The lowest BCUT2D eigenvalue weighted by molar-refractivity contribution is -0.177. The molecule has 1 atom stereocenters. The highest BCUT2D eigenvalue weighted by molar-refractivity contribution is 5.87. The van der Waals surface area contributed by atoms with Crippen molar-refractivity contribution in [3.05, 3.63) is 0 Å². The van der Waals surface area contributed by atoms with E-state index in [1.54, 1.807) is 20.8 Å². The van der Waals surface area contributed by atoms with Gasteiger partial charge in [0.25, 0.3) is 0 Å². The van der Waals surface area contributed by atoms with E-state index in [4.69, 9.17) is 14.6 Å². The number of hydrogen-bond donors (Lipinski definition) is 1. The molecule has 0 spiro atoms. The van der Waals surface area contributed by atoms with E-state index >= 15 is 0 Å². The van der Waals surface area contributed by atoms with Gasteiger partial charge in [-0.3, -0.25) is 14.4 Å². The summed E-state index contributed by atoms with van der Waals surface area (Å²) < 4.78 is 9.86. The Balaban J connectivity index is 4.63. The highest BCUT2D eigenvalue weighted by Crippen LogP contribution is 2.13. The molecule has 0 aliphatic heterocycles. The molecule has 0 unspecified atom stereocenters. The number of ketones is 1. The summed E-state index contributed by atoms with van der Waals surface area (Å²) in [4.78, 5) is 44.6. The number of carboxylic acid groups (broad SMARTS) is 1. The Morgan fingerprint density at radius 1 is 1.10 bits per heavy atom. The summed E-state index contributed by atoms with van der Waals surface area (Å²) in [6, 6.07) is 0. The zero-order chi connectivity index (χ0) is 15.9. The van der Waals surface area contributed by atoms with Gasteiger partial charge < -0.3 is 14.6 Å². The summed E-state index contributed by atoms with van der Waals surface area (Å²) in [5.41, 5.74) is -0.778. The van der Waals surface area contributed by atoms with E-state index in [0.29, 0.717) is 0 Å². The fourth-order valence-corrected chi connectivity index (χ4v) is 1.23. The molecule has 0 heterocycles. The molecule has 0 aliphatic rings. The van der Waals surface area contributed by atoms with Crippen molar-refractivity contribution in [2.75, 3.05) is 0 Å². The first kappa shape index (κ1) is 18.1. The fraction of sp³-hybridized carbons (Fsp3) is 0.692. The third-order valence-electron chi connectivity index (χ3n) is 1.96. The Kier molecular flexibility index (Phi) is 6.89. The van der Waals surface area contributed by atoms with E-state index in [0.717, 1.165) is 0 Å². The van der Waals surface area contributed by atoms with Gasteiger partial charge in [-0.15, -0.1) is 0 Å². The van der Waals surface area contributed by atoms with Gasteiger partial charge in [-0.25, -0.2) is 4.79 Å². The zero-order valence-electron chi connectivity index (χ0n) is 12.1. The summed E-state index contributed by atoms with van der Waals surface area (Å²) in [7, 11) is 0. The van der Waals surface area contributed by atoms with Crippen molar-refractivity contribution >= 4 is 23.7 Å². The van der Waals surface area contributed by atoms with E-state index in [9.17, 15) is 19.2 Å². The van der Waals surface area contributed by atoms with E-state index in [-0.39, 0.29) is 18.6 Å². The van der Waals surface area contributed by atoms with Crippen LogP contribution >= 0.6 is 0 Å². The van der Waals surface area contributed by atoms with Gasteiger partial charge in [0, 0.05) is 0 Å². The highest BCUT2D eigenvalue weighted by atomic mass is 16.6. The van der Waals surface area contributed by atoms with Crippen molar-refractivity contribution in [3.63, 3.8) is 0 Å². The van der Waals surface area contributed by atoms with Crippen molar-refractivity contribution in [1.29, 1.82) is 0 Å². The van der Waals surface area contributed by atoms with Crippen LogP contribution in [-0.2, 0) is 28.7 Å². The number of carbonyl (C=O) groups excluding carboxylic acids is 3. The van der Waals surface area contributed by atoms with Gasteiger partial charge in [0.1, 0.15) is 11.4 Å². The highest BCUT2D eigenvalue weighted by Gasteiger charge is 2.29. The molecule has 0 amide bonds. The fourth-order valence-electron chi connectivity index (χ4n) is 1.23. The molecule has 0 aromatic heterocycles. The molecule has 0 saturated heterocycles. The number of Topliss-reactive ketones (excluding diaryl/α,β-unsaturated/α-hetero) is 1. The lowest BCUT2D eigenvalue weighted by Gasteiger charge is -2.23. The maximum absolute atomic E-state index is 11.8. The number of ether oxygens (including phenoxy) is 2. The van der Waals surface area contributed by atoms with Crippen molar-refractivity contribution in [2.24, 2.45) is 0 Å². The van der Waals surface area contributed by atoms with E-state index in [2.05, 4.69) is 0 Å². The van der Waals surface area contributed by atoms with Crippen LogP contribution in [0.1, 0.15) is 47.0 Å². The largest absolute Gasteiger partial charge is 0.481 e. The first-order valence-electron chi connectivity index (χ1n) is 6.15. The van der Waals surface area contributed by atoms with Gasteiger partial charge in [0.15, 0.2) is 0 Å². The molecular formula is C13H20O7. The Labute approximate surface area is 117 Å². The zero-order valence-corrected chi connectivity index (χ0v) is 12.1. The van der Waals surface area contributed by atoms with Gasteiger partial charge >= 0.3 is 17.9 Å². The molecule has 0 aromatic carbocycles. The summed E-state index contributed by atoms with van der Waals surface area (Å²) in [5, 5.41) is 8.45. The molecule has 0 saturated carbocycles. The number of rotatable bonds is 7. The van der Waals surface area contributed by atoms with E-state index < -0.39 is 36.0 Å². The average molecular weight is 288 g/mol. The second kappa shape index (κ2) is 7.62. The SMILES string of the molecule is CC(=O)C[C@H](OC(=O)CCC(=O)O)C(=O)OC(C)(C)C. The third kappa shape index (κ3) is 9.07. The average Bonchev–Trinajstić information content (AvgIpc) is 2.22. The van der Waals surface area contributed by atoms with Crippen molar-refractivity contribution in [2.45, 2.75) is 58.7 Å². The molecular weight excluding hydrogens is 268 g/mol. The topological polar surface area (TPSA) is 107 Å². The predicted molar refractivity (Wildman–Crippen MR) is 67.9 cm³/mol. The minimum absolute atomic E-state index is 0.298. The standard InChI is InChI=1S/C13H20O7/c1-8(14)7-9(12(18)20-13(2,3)4)19-11(17)6-5-10(15)16/h9H,5-7H2,1-4H3,(H,15,16)/t9-/m0/s1. The minimum Gasteiger partial charge on any atom is -0.481 e. The van der Waals surface area contributed by atoms with Crippen LogP contribution in [0.5, 0.6) is 0 Å². The number of hydrogen-bond acceptors (Lipinski definition) is 6. The molecule has 0 fully saturated rings. The number of carboxylic acids is 1. The maximum atomic E-state index is 11.8. The molecule has 1 N–H and O–H groups in total. The second-order valence-electron chi connectivity index (χ2n) is 5.31. The predicted octanol–water partition coefficient (Wildman–Crippen LogP) is 1.08. The summed E-state index contributed by atoms with van der Waals surface area (Å²) in [6.45, 7) is 6.17. The first-order chi connectivity index (χ1) is 9.01.